The van der Waals surface area contributed by atoms with E-state index in [1.807, 2.05) is 24.3 Å². The van der Waals surface area contributed by atoms with Gasteiger partial charge in [0.15, 0.2) is 0 Å². The van der Waals surface area contributed by atoms with Crippen LogP contribution in [0.25, 0.3) is 11.0 Å². The molecule has 0 saturated heterocycles. The largest absolute Gasteiger partial charge is 0.379 e. The van der Waals surface area contributed by atoms with Gasteiger partial charge >= 0.3 is 0 Å². The Labute approximate surface area is 120 Å². The molecular weight excluding hydrogens is 268 g/mol. The molecule has 0 atom stereocenters. The molecule has 6 nitrogen and oxygen atoms in total. The number of hydrogen-bond acceptors (Lipinski definition) is 5. The third-order valence-corrected chi connectivity index (χ3v) is 3.03. The first-order chi connectivity index (χ1) is 10.2. The Hall–Kier alpha value is -3.02. The normalized spacial score (nSPS) is 10.5. The van der Waals surface area contributed by atoms with Gasteiger partial charge in [-0.1, -0.05) is 18.2 Å². The van der Waals surface area contributed by atoms with Gasteiger partial charge in [-0.15, -0.1) is 0 Å². The van der Waals surface area contributed by atoms with Crippen molar-refractivity contribution in [1.82, 2.24) is 9.97 Å². The van der Waals surface area contributed by atoms with Crippen molar-refractivity contribution < 1.29 is 4.92 Å². The number of non-ortho nitro benzene ring substituents is 1. The van der Waals surface area contributed by atoms with Crippen molar-refractivity contribution in [2.24, 2.45) is 0 Å². The topological polar surface area (TPSA) is 81.0 Å². The van der Waals surface area contributed by atoms with E-state index in [9.17, 15) is 10.1 Å². The van der Waals surface area contributed by atoms with E-state index >= 15 is 0 Å². The highest BCUT2D eigenvalue weighted by Gasteiger charge is 2.05. The molecule has 2 aromatic carbocycles. The number of anilines is 1. The molecule has 21 heavy (non-hydrogen) atoms. The molecule has 0 unspecified atom stereocenters. The van der Waals surface area contributed by atoms with Crippen molar-refractivity contribution in [1.29, 1.82) is 0 Å². The molecule has 6 heteroatoms. The molecule has 0 saturated carbocycles. The predicted octanol–water partition coefficient (Wildman–Crippen LogP) is 3.15. The maximum atomic E-state index is 10.7. The number of nitrogens with zero attached hydrogens (tertiary/aromatic N) is 3. The summed E-state index contributed by atoms with van der Waals surface area (Å²) in [6.07, 6.45) is 1.70. The van der Waals surface area contributed by atoms with Crippen LogP contribution < -0.4 is 5.32 Å². The summed E-state index contributed by atoms with van der Waals surface area (Å²) in [6.45, 7) is 0.457. The first kappa shape index (κ1) is 13.0. The van der Waals surface area contributed by atoms with E-state index in [0.29, 0.717) is 12.2 Å². The summed E-state index contributed by atoms with van der Waals surface area (Å²) in [6, 6.07) is 14.0. The minimum atomic E-state index is -0.416. The number of hydrogen-bond donors (Lipinski definition) is 1. The van der Waals surface area contributed by atoms with Crippen molar-refractivity contribution >= 4 is 22.4 Å². The Morgan fingerprint density at radius 3 is 2.71 bits per heavy atom. The average molecular weight is 280 g/mol. The molecule has 104 valence electrons. The minimum Gasteiger partial charge on any atom is -0.379 e. The molecule has 0 fully saturated rings. The zero-order chi connectivity index (χ0) is 14.7. The molecule has 0 amide bonds. The zero-order valence-electron chi connectivity index (χ0n) is 11.1. The van der Waals surface area contributed by atoms with Crippen molar-refractivity contribution in [3.8, 4) is 0 Å². The third kappa shape index (κ3) is 2.94. The van der Waals surface area contributed by atoms with E-state index in [1.165, 1.54) is 12.1 Å². The fourth-order valence-electron chi connectivity index (χ4n) is 2.00. The van der Waals surface area contributed by atoms with Crippen LogP contribution in [0.5, 0.6) is 0 Å². The number of para-hydroxylation sites is 2. The van der Waals surface area contributed by atoms with E-state index in [4.69, 9.17) is 0 Å². The van der Waals surface area contributed by atoms with Crippen LogP contribution in [0.3, 0.4) is 0 Å². The summed E-state index contributed by atoms with van der Waals surface area (Å²) in [5.74, 6) is 0. The quantitative estimate of drug-likeness (QED) is 0.586. The highest BCUT2D eigenvalue weighted by atomic mass is 16.6. The second-order valence-electron chi connectivity index (χ2n) is 4.51. The number of nitro benzene ring substituents is 1. The highest BCUT2D eigenvalue weighted by molar-refractivity contribution is 5.73. The fraction of sp³-hybridized carbons (Fsp3) is 0.0667. The summed E-state index contributed by atoms with van der Waals surface area (Å²) < 4.78 is 0. The number of nitro groups is 1. The molecule has 0 spiro atoms. The van der Waals surface area contributed by atoms with Crippen LogP contribution in [0.1, 0.15) is 5.69 Å². The molecule has 0 radical (unpaired) electrons. The van der Waals surface area contributed by atoms with Gasteiger partial charge < -0.3 is 5.32 Å². The fourth-order valence-corrected chi connectivity index (χ4v) is 2.00. The van der Waals surface area contributed by atoms with Gasteiger partial charge in [0.2, 0.25) is 0 Å². The summed E-state index contributed by atoms with van der Waals surface area (Å²) in [7, 11) is 0. The molecule has 0 aliphatic heterocycles. The number of aromatic nitrogens is 2. The Morgan fingerprint density at radius 1 is 1.10 bits per heavy atom. The molecule has 3 aromatic rings. The lowest BCUT2D eigenvalue weighted by molar-refractivity contribution is -0.384. The second-order valence-corrected chi connectivity index (χ2v) is 4.51. The van der Waals surface area contributed by atoms with Gasteiger partial charge in [-0.2, -0.15) is 0 Å². The Bertz CT molecular complexity index is 804. The number of rotatable bonds is 4. The van der Waals surface area contributed by atoms with Gasteiger partial charge in [0.25, 0.3) is 5.69 Å². The third-order valence-electron chi connectivity index (χ3n) is 3.03. The van der Waals surface area contributed by atoms with Crippen LogP contribution in [0.2, 0.25) is 0 Å². The number of fused-ring (bicyclic) bond motifs is 1. The lowest BCUT2D eigenvalue weighted by Gasteiger charge is -2.06. The lowest BCUT2D eigenvalue weighted by Crippen LogP contribution is -2.03. The van der Waals surface area contributed by atoms with E-state index in [1.54, 1.807) is 18.3 Å². The van der Waals surface area contributed by atoms with Crippen molar-refractivity contribution in [3.05, 3.63) is 70.5 Å². The summed E-state index contributed by atoms with van der Waals surface area (Å²) in [4.78, 5) is 19.1. The van der Waals surface area contributed by atoms with Crippen molar-refractivity contribution in [2.75, 3.05) is 5.32 Å². The van der Waals surface area contributed by atoms with Crippen LogP contribution in [0.15, 0.2) is 54.7 Å². The van der Waals surface area contributed by atoms with Crippen LogP contribution >= 0.6 is 0 Å². The van der Waals surface area contributed by atoms with Crippen LogP contribution in [-0.2, 0) is 6.54 Å². The Morgan fingerprint density at radius 2 is 1.90 bits per heavy atom. The van der Waals surface area contributed by atoms with E-state index in [2.05, 4.69) is 15.3 Å². The first-order valence-electron chi connectivity index (χ1n) is 6.41. The van der Waals surface area contributed by atoms with Gasteiger partial charge in [0.1, 0.15) is 0 Å². The zero-order valence-corrected chi connectivity index (χ0v) is 11.1. The molecule has 1 N–H and O–H groups in total. The van der Waals surface area contributed by atoms with Gasteiger partial charge in [0.05, 0.1) is 34.4 Å². The summed E-state index contributed by atoms with van der Waals surface area (Å²) >= 11 is 0. The Kier molecular flexibility index (Phi) is 3.42. The summed E-state index contributed by atoms with van der Waals surface area (Å²) in [5.41, 5.74) is 3.19. The first-order valence-corrected chi connectivity index (χ1v) is 6.41. The Balaban J connectivity index is 1.77. The smallest absolute Gasteiger partial charge is 0.271 e. The molecular formula is C15H12N4O2. The predicted molar refractivity (Wildman–Crippen MR) is 80.0 cm³/mol. The molecule has 1 heterocycles. The minimum absolute atomic E-state index is 0.0598. The lowest BCUT2D eigenvalue weighted by atomic mass is 10.2. The van der Waals surface area contributed by atoms with Crippen molar-refractivity contribution in [2.45, 2.75) is 6.54 Å². The summed E-state index contributed by atoms with van der Waals surface area (Å²) in [5, 5.41) is 13.8. The van der Waals surface area contributed by atoms with Gasteiger partial charge in [0, 0.05) is 17.8 Å². The molecule has 1 aromatic heterocycles. The van der Waals surface area contributed by atoms with Crippen molar-refractivity contribution in [3.63, 3.8) is 0 Å². The van der Waals surface area contributed by atoms with Gasteiger partial charge in [-0.3, -0.25) is 15.1 Å². The SMILES string of the molecule is O=[N+]([O-])c1cccc(NCc2cnc3ccccc3n2)c1. The number of nitrogens with one attached hydrogen (secondary N) is 1. The van der Waals surface area contributed by atoms with E-state index in [-0.39, 0.29) is 5.69 Å². The van der Waals surface area contributed by atoms with Crippen LogP contribution in [0.4, 0.5) is 11.4 Å². The maximum absolute atomic E-state index is 10.7. The molecule has 0 aliphatic rings. The van der Waals surface area contributed by atoms with E-state index < -0.39 is 4.92 Å². The van der Waals surface area contributed by atoms with Crippen LogP contribution in [-0.4, -0.2) is 14.9 Å². The molecule has 0 aliphatic carbocycles. The molecule has 0 bridgehead atoms. The standard InChI is InChI=1S/C15H12N4O2/c20-19(21)13-5-3-4-11(8-13)16-9-12-10-17-14-6-1-2-7-15(14)18-12/h1-8,10,16H,9H2. The van der Waals surface area contributed by atoms with E-state index in [0.717, 1.165) is 16.7 Å². The maximum Gasteiger partial charge on any atom is 0.271 e. The van der Waals surface area contributed by atoms with Gasteiger partial charge in [-0.05, 0) is 18.2 Å². The monoisotopic (exact) mass is 280 g/mol. The number of benzene rings is 2. The van der Waals surface area contributed by atoms with Gasteiger partial charge in [-0.25, -0.2) is 4.98 Å². The highest BCUT2D eigenvalue weighted by Crippen LogP contribution is 2.17. The average Bonchev–Trinajstić information content (AvgIpc) is 2.53. The molecule has 3 rings (SSSR count). The second kappa shape index (κ2) is 5.54. The van der Waals surface area contributed by atoms with Crippen LogP contribution in [0, 0.1) is 10.1 Å².